The van der Waals surface area contributed by atoms with Crippen molar-refractivity contribution in [3.63, 3.8) is 0 Å². The van der Waals surface area contributed by atoms with Gasteiger partial charge in [-0.2, -0.15) is 0 Å². The standard InChI is InChI=1S/C67H128O14/c1-3-5-7-9-11-13-15-17-19-21-23-25-27-29-31-33-35-37-39-41-43-45-47-49-51-76-53-56(54-77-66-65(75)63(73)61(71)58(81-66)55-78-67-64(74)62(72)60(70)57(52-68)80-67)79-59(69)50-48-46-44-42-40-38-36-34-32-30-28-26-24-22-20-18-16-14-12-10-8-6-4-2/h22,24,56-58,60-68,70-75H,3-21,23,25-55H2,1-2H3/b24-22-. The summed E-state index contributed by atoms with van der Waals surface area (Å²) in [7, 11) is 0. The van der Waals surface area contributed by atoms with Gasteiger partial charge in [0.25, 0.3) is 0 Å². The van der Waals surface area contributed by atoms with Gasteiger partial charge in [-0.1, -0.05) is 276 Å². The summed E-state index contributed by atoms with van der Waals surface area (Å²) in [6.45, 7) is 3.78. The first-order valence-corrected chi connectivity index (χ1v) is 34.3. The summed E-state index contributed by atoms with van der Waals surface area (Å²) >= 11 is 0. The van der Waals surface area contributed by atoms with Gasteiger partial charge in [0, 0.05) is 13.0 Å². The van der Waals surface area contributed by atoms with Gasteiger partial charge < -0.3 is 64.2 Å². The molecule has 7 N–H and O–H groups in total. The van der Waals surface area contributed by atoms with E-state index in [1.54, 1.807) is 0 Å². The highest BCUT2D eigenvalue weighted by molar-refractivity contribution is 5.69. The predicted octanol–water partition coefficient (Wildman–Crippen LogP) is 14.1. The monoisotopic (exact) mass is 1160 g/mol. The highest BCUT2D eigenvalue weighted by atomic mass is 16.7. The van der Waals surface area contributed by atoms with Gasteiger partial charge in [-0.15, -0.1) is 0 Å². The van der Waals surface area contributed by atoms with E-state index in [2.05, 4.69) is 26.0 Å². The minimum atomic E-state index is -1.70. The fourth-order valence-electron chi connectivity index (χ4n) is 11.3. The van der Waals surface area contributed by atoms with E-state index < -0.39 is 80.7 Å². The minimum absolute atomic E-state index is 0.0686. The van der Waals surface area contributed by atoms with Crippen LogP contribution in [0.25, 0.3) is 0 Å². The van der Waals surface area contributed by atoms with Gasteiger partial charge >= 0.3 is 5.97 Å². The van der Waals surface area contributed by atoms with E-state index in [0.717, 1.165) is 38.5 Å². The van der Waals surface area contributed by atoms with Crippen LogP contribution in [-0.2, 0) is 33.2 Å². The van der Waals surface area contributed by atoms with Gasteiger partial charge in [-0.3, -0.25) is 4.79 Å². The van der Waals surface area contributed by atoms with Crippen molar-refractivity contribution >= 4 is 5.97 Å². The largest absolute Gasteiger partial charge is 0.457 e. The van der Waals surface area contributed by atoms with Gasteiger partial charge in [0.1, 0.15) is 54.9 Å². The molecule has 0 radical (unpaired) electrons. The van der Waals surface area contributed by atoms with E-state index in [9.17, 15) is 40.5 Å². The second-order valence-corrected chi connectivity index (χ2v) is 24.4. The van der Waals surface area contributed by atoms with E-state index in [4.69, 9.17) is 28.4 Å². The first-order valence-electron chi connectivity index (χ1n) is 34.3. The molecule has 2 aliphatic heterocycles. The van der Waals surface area contributed by atoms with Gasteiger partial charge in [0.15, 0.2) is 12.6 Å². The Hall–Kier alpha value is -1.27. The molecule has 0 spiro atoms. The number of esters is 1. The zero-order chi connectivity index (χ0) is 58.6. The molecule has 14 heteroatoms. The second-order valence-electron chi connectivity index (χ2n) is 24.4. The quantitative estimate of drug-likeness (QED) is 0.0171. The molecule has 2 rings (SSSR count). The van der Waals surface area contributed by atoms with Crippen molar-refractivity contribution in [3.05, 3.63) is 12.2 Å². The van der Waals surface area contributed by atoms with Crippen molar-refractivity contribution in [2.24, 2.45) is 0 Å². The van der Waals surface area contributed by atoms with Crippen molar-refractivity contribution in [3.8, 4) is 0 Å². The SMILES string of the molecule is CCCCCCCCCC/C=C\CCCCCCCCCCCCCC(=O)OC(COCCCCCCCCCCCCCCCCCCCCCCCCCC)COC1OC(COC2OC(CO)C(O)C(O)C2O)C(O)C(O)C1O. The Bertz CT molecular complexity index is 1390. The minimum Gasteiger partial charge on any atom is -0.457 e. The molecule has 2 saturated heterocycles. The van der Waals surface area contributed by atoms with Gasteiger partial charge in [0.2, 0.25) is 0 Å². The van der Waals surface area contributed by atoms with Crippen LogP contribution in [0.5, 0.6) is 0 Å². The number of aliphatic hydroxyl groups is 7. The molecule has 0 aromatic carbocycles. The first-order chi connectivity index (χ1) is 39.6. The highest BCUT2D eigenvalue weighted by Gasteiger charge is 2.47. The van der Waals surface area contributed by atoms with E-state index in [0.29, 0.717) is 13.0 Å². The Kier molecular flexibility index (Phi) is 50.7. The van der Waals surface area contributed by atoms with Crippen LogP contribution >= 0.6 is 0 Å². The zero-order valence-electron chi connectivity index (χ0n) is 52.1. The summed E-state index contributed by atoms with van der Waals surface area (Å²) in [5, 5.41) is 72.6. The molecule has 2 fully saturated rings. The molecule has 14 nitrogen and oxygen atoms in total. The molecule has 0 bridgehead atoms. The Morgan fingerprint density at radius 1 is 0.395 bits per heavy atom. The highest BCUT2D eigenvalue weighted by Crippen LogP contribution is 2.27. The van der Waals surface area contributed by atoms with Crippen molar-refractivity contribution in [1.29, 1.82) is 0 Å². The van der Waals surface area contributed by atoms with Crippen LogP contribution in [0.3, 0.4) is 0 Å². The van der Waals surface area contributed by atoms with Crippen LogP contribution in [0.4, 0.5) is 0 Å². The third-order valence-corrected chi connectivity index (χ3v) is 16.8. The van der Waals surface area contributed by atoms with E-state index >= 15 is 0 Å². The van der Waals surface area contributed by atoms with Crippen LogP contribution in [0, 0.1) is 0 Å². The molecular weight excluding hydrogens is 1030 g/mol. The fraction of sp³-hybridized carbons (Fsp3) is 0.955. The topological polar surface area (TPSA) is 214 Å². The van der Waals surface area contributed by atoms with E-state index in [1.807, 2.05) is 0 Å². The summed E-state index contributed by atoms with van der Waals surface area (Å²) in [6, 6.07) is 0. The number of hydrogen-bond donors (Lipinski definition) is 7. The Labute approximate surface area is 495 Å². The lowest BCUT2D eigenvalue weighted by atomic mass is 9.98. The molecule has 0 amide bonds. The lowest BCUT2D eigenvalue weighted by molar-refractivity contribution is -0.332. The van der Waals surface area contributed by atoms with Crippen molar-refractivity contribution in [2.75, 3.05) is 33.0 Å². The number of rotatable bonds is 58. The maximum absolute atomic E-state index is 13.1. The van der Waals surface area contributed by atoms with Crippen LogP contribution in [0.1, 0.15) is 309 Å². The molecular formula is C67H128O14. The number of carbonyl (C=O) groups is 1. The number of allylic oxidation sites excluding steroid dienone is 2. The lowest BCUT2D eigenvalue weighted by Crippen LogP contribution is -2.61. The Morgan fingerprint density at radius 2 is 0.728 bits per heavy atom. The normalized spacial score (nSPS) is 23.7. The van der Waals surface area contributed by atoms with E-state index in [1.165, 1.54) is 244 Å². The van der Waals surface area contributed by atoms with Crippen LogP contribution in [0.15, 0.2) is 12.2 Å². The molecule has 2 heterocycles. The number of hydrogen-bond acceptors (Lipinski definition) is 14. The third-order valence-electron chi connectivity index (χ3n) is 16.8. The van der Waals surface area contributed by atoms with Gasteiger partial charge in [-0.05, 0) is 38.5 Å². The zero-order valence-corrected chi connectivity index (χ0v) is 52.1. The van der Waals surface area contributed by atoms with Gasteiger partial charge in [0.05, 0.1) is 26.4 Å². The van der Waals surface area contributed by atoms with Crippen molar-refractivity contribution < 1.29 is 69.0 Å². The molecule has 0 aliphatic carbocycles. The number of aliphatic hydroxyl groups excluding tert-OH is 7. The summed E-state index contributed by atoms with van der Waals surface area (Å²) < 4.78 is 34.6. The fourth-order valence-corrected chi connectivity index (χ4v) is 11.3. The van der Waals surface area contributed by atoms with Crippen LogP contribution in [0.2, 0.25) is 0 Å². The first kappa shape index (κ1) is 75.8. The average molecular weight is 1160 g/mol. The maximum atomic E-state index is 13.1. The molecule has 0 aromatic heterocycles. The lowest BCUT2D eigenvalue weighted by Gasteiger charge is -2.42. The maximum Gasteiger partial charge on any atom is 0.306 e. The molecule has 11 unspecified atom stereocenters. The predicted molar refractivity (Wildman–Crippen MR) is 326 cm³/mol. The van der Waals surface area contributed by atoms with Crippen LogP contribution in [-0.4, -0.2) is 142 Å². The second kappa shape index (κ2) is 54.1. The molecule has 0 aromatic rings. The molecule has 81 heavy (non-hydrogen) atoms. The summed E-state index contributed by atoms with van der Waals surface area (Å²) in [5.74, 6) is -0.368. The summed E-state index contributed by atoms with van der Waals surface area (Å²) in [4.78, 5) is 13.1. The molecule has 11 atom stereocenters. The smallest absolute Gasteiger partial charge is 0.306 e. The Balaban J connectivity index is 1.64. The number of carbonyl (C=O) groups excluding carboxylic acids is 1. The van der Waals surface area contributed by atoms with Gasteiger partial charge in [-0.25, -0.2) is 0 Å². The molecule has 480 valence electrons. The third kappa shape index (κ3) is 39.9. The number of unbranched alkanes of at least 4 members (excludes halogenated alkanes) is 42. The van der Waals surface area contributed by atoms with Crippen molar-refractivity contribution in [1.82, 2.24) is 0 Å². The molecule has 2 aliphatic rings. The average Bonchev–Trinajstić information content (AvgIpc) is 3.46. The van der Waals surface area contributed by atoms with Crippen molar-refractivity contribution in [2.45, 2.75) is 377 Å². The summed E-state index contributed by atoms with van der Waals surface area (Å²) in [6.07, 6.45) is 47.2. The Morgan fingerprint density at radius 3 is 1.12 bits per heavy atom. The van der Waals surface area contributed by atoms with E-state index in [-0.39, 0.29) is 25.6 Å². The summed E-state index contributed by atoms with van der Waals surface area (Å²) in [5.41, 5.74) is 0. The van der Waals surface area contributed by atoms with Crippen LogP contribution < -0.4 is 0 Å². The number of ether oxygens (including phenoxy) is 6. The molecule has 0 saturated carbocycles.